The quantitative estimate of drug-likeness (QED) is 0.531. The van der Waals surface area contributed by atoms with Gasteiger partial charge in [0.25, 0.3) is 0 Å². The number of rotatable bonds is 3. The van der Waals surface area contributed by atoms with Gasteiger partial charge in [-0.25, -0.2) is 4.79 Å². The van der Waals surface area contributed by atoms with Crippen LogP contribution in [0.4, 0.5) is 0 Å². The third kappa shape index (κ3) is 4.38. The molecule has 1 aliphatic rings. The van der Waals surface area contributed by atoms with Crippen LogP contribution in [0.1, 0.15) is 66.2 Å². The largest absolute Gasteiger partial charge is 0.456 e. The molecule has 0 aromatic rings. The fourth-order valence-corrected chi connectivity index (χ4v) is 2.01. The summed E-state index contributed by atoms with van der Waals surface area (Å²) in [4.78, 5) is 11.5. The lowest BCUT2D eigenvalue weighted by atomic mass is 9.82. The molecule has 0 aromatic carbocycles. The number of esters is 1. The average Bonchev–Trinajstić information content (AvgIpc) is 2.32. The summed E-state index contributed by atoms with van der Waals surface area (Å²) in [6, 6.07) is 0. The van der Waals surface area contributed by atoms with E-state index < -0.39 is 0 Å². The Bertz CT molecular complexity index is 225. The highest BCUT2D eigenvalue weighted by Crippen LogP contribution is 2.34. The summed E-state index contributed by atoms with van der Waals surface area (Å²) in [6.45, 7) is 11.4. The molecule has 0 bridgehead atoms. The minimum absolute atomic E-state index is 0.186. The van der Waals surface area contributed by atoms with Crippen molar-refractivity contribution in [3.63, 3.8) is 0 Å². The van der Waals surface area contributed by atoms with Crippen LogP contribution in [0.5, 0.6) is 0 Å². The van der Waals surface area contributed by atoms with Crippen molar-refractivity contribution in [1.82, 2.24) is 0 Å². The molecule has 0 aliphatic heterocycles. The Morgan fingerprint density at radius 3 is 2.12 bits per heavy atom. The molecule has 0 spiro atoms. The SMILES string of the molecule is C=C(C)C(=O)OC1(CC)CCCCC1.CC. The maximum absolute atomic E-state index is 11.5. The fourth-order valence-electron chi connectivity index (χ4n) is 2.01. The van der Waals surface area contributed by atoms with Gasteiger partial charge in [-0.05, 0) is 39.0 Å². The first-order valence-electron chi connectivity index (χ1n) is 6.48. The molecule has 0 N–H and O–H groups in total. The second-order valence-corrected chi connectivity index (χ2v) is 4.27. The van der Waals surface area contributed by atoms with Gasteiger partial charge in [0, 0.05) is 5.57 Å². The van der Waals surface area contributed by atoms with E-state index >= 15 is 0 Å². The van der Waals surface area contributed by atoms with E-state index in [0.29, 0.717) is 5.57 Å². The van der Waals surface area contributed by atoms with Gasteiger partial charge in [0.15, 0.2) is 0 Å². The topological polar surface area (TPSA) is 26.3 Å². The molecule has 2 heteroatoms. The number of hydrogen-bond acceptors (Lipinski definition) is 2. The Kier molecular flexibility index (Phi) is 7.11. The minimum Gasteiger partial charge on any atom is -0.456 e. The molecule has 1 fully saturated rings. The van der Waals surface area contributed by atoms with E-state index in [4.69, 9.17) is 4.74 Å². The van der Waals surface area contributed by atoms with E-state index in [1.54, 1.807) is 6.92 Å². The molecule has 1 rings (SSSR count). The molecule has 1 aliphatic carbocycles. The van der Waals surface area contributed by atoms with Crippen molar-refractivity contribution in [2.24, 2.45) is 0 Å². The molecule has 0 amide bonds. The predicted octanol–water partition coefficient (Wildman–Crippen LogP) is 4.24. The van der Waals surface area contributed by atoms with Gasteiger partial charge in [-0.2, -0.15) is 0 Å². The lowest BCUT2D eigenvalue weighted by molar-refractivity contribution is -0.158. The van der Waals surface area contributed by atoms with Crippen LogP contribution >= 0.6 is 0 Å². The molecule has 0 saturated heterocycles. The van der Waals surface area contributed by atoms with Gasteiger partial charge in [0.1, 0.15) is 5.60 Å². The summed E-state index contributed by atoms with van der Waals surface area (Å²) in [7, 11) is 0. The van der Waals surface area contributed by atoms with Crippen molar-refractivity contribution in [3.8, 4) is 0 Å². The summed E-state index contributed by atoms with van der Waals surface area (Å²) >= 11 is 0. The minimum atomic E-state index is -0.228. The van der Waals surface area contributed by atoms with Crippen LogP contribution in [-0.4, -0.2) is 11.6 Å². The Morgan fingerprint density at radius 1 is 1.25 bits per heavy atom. The van der Waals surface area contributed by atoms with Gasteiger partial charge < -0.3 is 4.74 Å². The lowest BCUT2D eigenvalue weighted by Gasteiger charge is -2.36. The van der Waals surface area contributed by atoms with Crippen LogP contribution in [0.25, 0.3) is 0 Å². The maximum Gasteiger partial charge on any atom is 0.333 e. The van der Waals surface area contributed by atoms with Gasteiger partial charge in [-0.15, -0.1) is 0 Å². The van der Waals surface area contributed by atoms with E-state index in [-0.39, 0.29) is 11.6 Å². The molecule has 1 saturated carbocycles. The summed E-state index contributed by atoms with van der Waals surface area (Å²) in [5.74, 6) is -0.228. The summed E-state index contributed by atoms with van der Waals surface area (Å²) in [5, 5.41) is 0. The first kappa shape index (κ1) is 15.2. The van der Waals surface area contributed by atoms with E-state index in [1.165, 1.54) is 19.3 Å². The second-order valence-electron chi connectivity index (χ2n) is 4.27. The summed E-state index contributed by atoms with van der Waals surface area (Å²) in [6.07, 6.45) is 6.58. The smallest absolute Gasteiger partial charge is 0.333 e. The monoisotopic (exact) mass is 226 g/mol. The molecule has 0 radical (unpaired) electrons. The first-order chi connectivity index (χ1) is 7.59. The van der Waals surface area contributed by atoms with Crippen LogP contribution in [0.3, 0.4) is 0 Å². The summed E-state index contributed by atoms with van der Waals surface area (Å²) < 4.78 is 5.55. The molecular weight excluding hydrogens is 200 g/mol. The van der Waals surface area contributed by atoms with Crippen LogP contribution in [0, 0.1) is 0 Å². The molecule has 0 atom stereocenters. The van der Waals surface area contributed by atoms with Crippen molar-refractivity contribution in [3.05, 3.63) is 12.2 Å². The molecule has 0 aromatic heterocycles. The number of hydrogen-bond donors (Lipinski definition) is 0. The third-order valence-electron chi connectivity index (χ3n) is 3.07. The fraction of sp³-hybridized carbons (Fsp3) is 0.786. The Morgan fingerprint density at radius 2 is 1.75 bits per heavy atom. The van der Waals surface area contributed by atoms with E-state index in [0.717, 1.165) is 19.3 Å². The van der Waals surface area contributed by atoms with Crippen molar-refractivity contribution in [1.29, 1.82) is 0 Å². The van der Waals surface area contributed by atoms with E-state index in [9.17, 15) is 4.79 Å². The van der Waals surface area contributed by atoms with Crippen LogP contribution in [0.2, 0.25) is 0 Å². The zero-order valence-electron chi connectivity index (χ0n) is 11.3. The van der Waals surface area contributed by atoms with Gasteiger partial charge in [-0.3, -0.25) is 0 Å². The van der Waals surface area contributed by atoms with Crippen molar-refractivity contribution < 1.29 is 9.53 Å². The molecule has 2 nitrogen and oxygen atoms in total. The van der Waals surface area contributed by atoms with Crippen molar-refractivity contribution >= 4 is 5.97 Å². The van der Waals surface area contributed by atoms with E-state index in [2.05, 4.69) is 13.5 Å². The standard InChI is InChI=1S/C12H20O2.C2H6/c1-4-12(8-6-5-7-9-12)14-11(13)10(2)3;1-2/h2,4-9H2,1,3H3;1-2H3. The maximum atomic E-state index is 11.5. The highest BCUT2D eigenvalue weighted by atomic mass is 16.6. The van der Waals surface area contributed by atoms with Gasteiger partial charge >= 0.3 is 5.97 Å². The molecule has 16 heavy (non-hydrogen) atoms. The lowest BCUT2D eigenvalue weighted by Crippen LogP contribution is -2.36. The Labute approximate surface area is 100 Å². The Balaban J connectivity index is 0.00000106. The average molecular weight is 226 g/mol. The predicted molar refractivity (Wildman–Crippen MR) is 68.4 cm³/mol. The molecule has 94 valence electrons. The third-order valence-corrected chi connectivity index (χ3v) is 3.07. The Hall–Kier alpha value is -0.790. The molecular formula is C14H26O2. The second kappa shape index (κ2) is 7.48. The normalized spacial score (nSPS) is 18.0. The van der Waals surface area contributed by atoms with Gasteiger partial charge in [0.05, 0.1) is 0 Å². The number of carbonyl (C=O) groups excluding carboxylic acids is 1. The number of carbonyl (C=O) groups is 1. The first-order valence-corrected chi connectivity index (χ1v) is 6.48. The highest BCUT2D eigenvalue weighted by molar-refractivity contribution is 5.87. The van der Waals surface area contributed by atoms with Gasteiger partial charge in [0.2, 0.25) is 0 Å². The highest BCUT2D eigenvalue weighted by Gasteiger charge is 2.33. The van der Waals surface area contributed by atoms with Crippen molar-refractivity contribution in [2.45, 2.75) is 71.8 Å². The van der Waals surface area contributed by atoms with Crippen molar-refractivity contribution in [2.75, 3.05) is 0 Å². The molecule has 0 heterocycles. The van der Waals surface area contributed by atoms with Gasteiger partial charge in [-0.1, -0.05) is 33.8 Å². The molecule has 0 unspecified atom stereocenters. The zero-order chi connectivity index (χ0) is 12.6. The van der Waals surface area contributed by atoms with E-state index in [1.807, 2.05) is 13.8 Å². The number of ether oxygens (including phenoxy) is 1. The van der Waals surface area contributed by atoms with Crippen LogP contribution in [-0.2, 0) is 9.53 Å². The van der Waals surface area contributed by atoms with Crippen LogP contribution < -0.4 is 0 Å². The van der Waals surface area contributed by atoms with Crippen LogP contribution in [0.15, 0.2) is 12.2 Å². The zero-order valence-corrected chi connectivity index (χ0v) is 11.3. The summed E-state index contributed by atoms with van der Waals surface area (Å²) in [5.41, 5.74) is 0.317.